The summed E-state index contributed by atoms with van der Waals surface area (Å²) < 4.78 is 41.4. The van der Waals surface area contributed by atoms with E-state index in [4.69, 9.17) is 0 Å². The summed E-state index contributed by atoms with van der Waals surface area (Å²) in [5, 5.41) is 2.43. The quantitative estimate of drug-likeness (QED) is 0.769. The molecule has 2 aromatic heterocycles. The molecule has 25 heavy (non-hydrogen) atoms. The van der Waals surface area contributed by atoms with Crippen LogP contribution in [0, 0.1) is 6.92 Å². The first-order chi connectivity index (χ1) is 11.7. The molecule has 1 N–H and O–H groups in total. The van der Waals surface area contributed by atoms with Crippen molar-refractivity contribution in [1.29, 1.82) is 0 Å². The third kappa shape index (κ3) is 3.79. The summed E-state index contributed by atoms with van der Waals surface area (Å²) in [4.78, 5) is 29.9. The highest BCUT2D eigenvalue weighted by Crippen LogP contribution is 2.24. The lowest BCUT2D eigenvalue weighted by molar-refractivity contribution is -0.274. The SMILES string of the molecule is Cc1cn2c(=O)c(C(=O)Nc3ccc(OC(F)(F)F)cc3)cnc2s1. The van der Waals surface area contributed by atoms with Crippen molar-refractivity contribution in [3.63, 3.8) is 0 Å². The number of hydrogen-bond donors (Lipinski definition) is 1. The van der Waals surface area contributed by atoms with E-state index in [1.165, 1.54) is 34.1 Å². The van der Waals surface area contributed by atoms with Gasteiger partial charge in [-0.25, -0.2) is 4.98 Å². The molecule has 0 aliphatic heterocycles. The second kappa shape index (κ2) is 6.20. The molecular formula is C15H10F3N3O3S. The molecule has 3 rings (SSSR count). The van der Waals surface area contributed by atoms with E-state index in [9.17, 15) is 22.8 Å². The van der Waals surface area contributed by atoms with E-state index >= 15 is 0 Å². The zero-order chi connectivity index (χ0) is 18.2. The number of aromatic nitrogens is 2. The molecule has 6 nitrogen and oxygen atoms in total. The largest absolute Gasteiger partial charge is 0.573 e. The van der Waals surface area contributed by atoms with Gasteiger partial charge in [-0.3, -0.25) is 14.0 Å². The minimum absolute atomic E-state index is 0.175. The van der Waals surface area contributed by atoms with Gasteiger partial charge in [0.25, 0.3) is 11.5 Å². The van der Waals surface area contributed by atoms with Crippen LogP contribution in [0.15, 0.2) is 41.5 Å². The van der Waals surface area contributed by atoms with Crippen molar-refractivity contribution in [2.24, 2.45) is 0 Å². The van der Waals surface area contributed by atoms with Gasteiger partial charge in [0.05, 0.1) is 0 Å². The highest BCUT2D eigenvalue weighted by atomic mass is 32.1. The molecule has 0 unspecified atom stereocenters. The molecule has 10 heteroatoms. The predicted octanol–water partition coefficient (Wildman–Crippen LogP) is 3.22. The van der Waals surface area contributed by atoms with Gasteiger partial charge in [0.15, 0.2) is 4.96 Å². The fourth-order valence-electron chi connectivity index (χ4n) is 2.09. The van der Waals surface area contributed by atoms with Gasteiger partial charge in [-0.05, 0) is 31.2 Å². The van der Waals surface area contributed by atoms with Crippen LogP contribution in [0.2, 0.25) is 0 Å². The van der Waals surface area contributed by atoms with Crippen molar-refractivity contribution in [2.75, 3.05) is 5.32 Å². The normalized spacial score (nSPS) is 11.5. The summed E-state index contributed by atoms with van der Waals surface area (Å²) in [7, 11) is 0. The Hall–Kier alpha value is -2.88. The van der Waals surface area contributed by atoms with E-state index in [0.29, 0.717) is 4.96 Å². The van der Waals surface area contributed by atoms with Gasteiger partial charge in [0.1, 0.15) is 11.3 Å². The highest BCUT2D eigenvalue weighted by molar-refractivity contribution is 7.16. The number of carbonyl (C=O) groups excluding carboxylic acids is 1. The number of carbonyl (C=O) groups is 1. The maximum absolute atomic E-state index is 12.3. The van der Waals surface area contributed by atoms with E-state index in [1.54, 1.807) is 6.20 Å². The monoisotopic (exact) mass is 369 g/mol. The van der Waals surface area contributed by atoms with Crippen LogP contribution in [0.3, 0.4) is 0 Å². The van der Waals surface area contributed by atoms with Gasteiger partial charge < -0.3 is 10.1 Å². The minimum atomic E-state index is -4.79. The van der Waals surface area contributed by atoms with Gasteiger partial charge >= 0.3 is 6.36 Å². The molecule has 0 spiro atoms. The number of halogens is 3. The van der Waals surface area contributed by atoms with E-state index in [-0.39, 0.29) is 11.3 Å². The Morgan fingerprint density at radius 3 is 2.60 bits per heavy atom. The number of thiazole rings is 1. The molecule has 0 saturated carbocycles. The van der Waals surface area contributed by atoms with Gasteiger partial charge in [0, 0.05) is 23.0 Å². The van der Waals surface area contributed by atoms with Crippen molar-refractivity contribution < 1.29 is 22.7 Å². The first kappa shape index (κ1) is 17.0. The van der Waals surface area contributed by atoms with Crippen molar-refractivity contribution in [1.82, 2.24) is 9.38 Å². The maximum Gasteiger partial charge on any atom is 0.573 e. The summed E-state index contributed by atoms with van der Waals surface area (Å²) in [5.41, 5.74) is -0.486. The average molecular weight is 369 g/mol. The summed E-state index contributed by atoms with van der Waals surface area (Å²) in [6.07, 6.45) is -2.04. The number of anilines is 1. The Bertz CT molecular complexity index is 993. The molecular weight excluding hydrogens is 359 g/mol. The Kier molecular flexibility index (Phi) is 4.21. The Balaban J connectivity index is 1.80. The van der Waals surface area contributed by atoms with Gasteiger partial charge in [-0.15, -0.1) is 24.5 Å². The van der Waals surface area contributed by atoms with Gasteiger partial charge in [0.2, 0.25) is 0 Å². The van der Waals surface area contributed by atoms with Crippen LogP contribution in [0.4, 0.5) is 18.9 Å². The lowest BCUT2D eigenvalue weighted by atomic mass is 10.2. The van der Waals surface area contributed by atoms with E-state index in [2.05, 4.69) is 15.0 Å². The topological polar surface area (TPSA) is 72.7 Å². The number of benzene rings is 1. The third-order valence-electron chi connectivity index (χ3n) is 3.11. The molecule has 3 aromatic rings. The van der Waals surface area contributed by atoms with Crippen LogP contribution >= 0.6 is 11.3 Å². The molecule has 0 radical (unpaired) electrons. The molecule has 1 amide bonds. The fourth-order valence-corrected chi connectivity index (χ4v) is 2.87. The average Bonchev–Trinajstić information content (AvgIpc) is 2.89. The zero-order valence-corrected chi connectivity index (χ0v) is 13.4. The molecule has 1 aromatic carbocycles. The number of hydrogen-bond acceptors (Lipinski definition) is 5. The first-order valence-electron chi connectivity index (χ1n) is 6.88. The van der Waals surface area contributed by atoms with Crippen molar-refractivity contribution in [3.05, 3.63) is 57.5 Å². The number of amides is 1. The molecule has 2 heterocycles. The van der Waals surface area contributed by atoms with Crippen LogP contribution in [-0.2, 0) is 0 Å². The van der Waals surface area contributed by atoms with E-state index in [0.717, 1.165) is 17.0 Å². The number of nitrogens with zero attached hydrogens (tertiary/aromatic N) is 2. The Morgan fingerprint density at radius 1 is 1.28 bits per heavy atom. The molecule has 0 atom stereocenters. The lowest BCUT2D eigenvalue weighted by Crippen LogP contribution is -2.25. The predicted molar refractivity (Wildman–Crippen MR) is 85.2 cm³/mol. The number of ether oxygens (including phenoxy) is 1. The molecule has 0 aliphatic carbocycles. The summed E-state index contributed by atoms with van der Waals surface area (Å²) >= 11 is 1.31. The second-order valence-corrected chi connectivity index (χ2v) is 6.21. The Labute approximate surface area is 142 Å². The minimum Gasteiger partial charge on any atom is -0.406 e. The third-order valence-corrected chi connectivity index (χ3v) is 4.03. The van der Waals surface area contributed by atoms with Gasteiger partial charge in [-0.2, -0.15) is 0 Å². The Morgan fingerprint density at radius 2 is 1.96 bits per heavy atom. The highest BCUT2D eigenvalue weighted by Gasteiger charge is 2.31. The standard InChI is InChI=1S/C15H10F3N3O3S/c1-8-7-21-13(23)11(6-19-14(21)25-8)12(22)20-9-2-4-10(5-3-9)24-15(16,17)18/h2-7H,1H3,(H,20,22). The number of aryl methyl sites for hydroxylation is 1. The van der Waals surface area contributed by atoms with Crippen molar-refractivity contribution in [2.45, 2.75) is 13.3 Å². The number of alkyl halides is 3. The molecule has 130 valence electrons. The summed E-state index contributed by atoms with van der Waals surface area (Å²) in [5.74, 6) is -1.12. The number of rotatable bonds is 3. The summed E-state index contributed by atoms with van der Waals surface area (Å²) in [6, 6.07) is 4.58. The van der Waals surface area contributed by atoms with Crippen LogP contribution < -0.4 is 15.6 Å². The number of fused-ring (bicyclic) bond motifs is 1. The summed E-state index contributed by atoms with van der Waals surface area (Å²) in [6.45, 7) is 1.81. The second-order valence-electron chi connectivity index (χ2n) is 5.00. The van der Waals surface area contributed by atoms with Crippen LogP contribution in [-0.4, -0.2) is 21.7 Å². The molecule has 0 saturated heterocycles. The van der Waals surface area contributed by atoms with Crippen LogP contribution in [0.5, 0.6) is 5.75 Å². The zero-order valence-electron chi connectivity index (χ0n) is 12.6. The molecule has 0 bridgehead atoms. The first-order valence-corrected chi connectivity index (χ1v) is 7.69. The lowest BCUT2D eigenvalue weighted by Gasteiger charge is -2.09. The number of nitrogens with one attached hydrogen (secondary N) is 1. The molecule has 0 fully saturated rings. The maximum atomic E-state index is 12.3. The van der Waals surface area contributed by atoms with E-state index < -0.39 is 23.6 Å². The molecule has 0 aliphatic rings. The van der Waals surface area contributed by atoms with Crippen LogP contribution in [0.25, 0.3) is 4.96 Å². The van der Waals surface area contributed by atoms with E-state index in [1.807, 2.05) is 6.92 Å². The smallest absolute Gasteiger partial charge is 0.406 e. The fraction of sp³-hybridized carbons (Fsp3) is 0.133. The van der Waals surface area contributed by atoms with Gasteiger partial charge in [-0.1, -0.05) is 0 Å². The van der Waals surface area contributed by atoms with Crippen molar-refractivity contribution in [3.8, 4) is 5.75 Å². The van der Waals surface area contributed by atoms with Crippen LogP contribution in [0.1, 0.15) is 15.2 Å². The van der Waals surface area contributed by atoms with Crippen molar-refractivity contribution >= 4 is 27.9 Å².